The van der Waals surface area contributed by atoms with E-state index in [9.17, 15) is 4.79 Å². The highest BCUT2D eigenvalue weighted by molar-refractivity contribution is 5.71. The maximum Gasteiger partial charge on any atom is 0.409 e. The molecule has 1 heterocycles. The van der Waals surface area contributed by atoms with Crippen LogP contribution in [0, 0.1) is 5.92 Å². The van der Waals surface area contributed by atoms with Gasteiger partial charge in [-0.25, -0.2) is 4.79 Å². The number of benzene rings is 2. The van der Waals surface area contributed by atoms with Crippen LogP contribution in [-0.4, -0.2) is 37.7 Å². The molecular weight excluding hydrogens is 336 g/mol. The number of nitrogens with zero attached hydrogens (tertiary/aromatic N) is 2. The van der Waals surface area contributed by atoms with Crippen LogP contribution in [0.1, 0.15) is 31.4 Å². The van der Waals surface area contributed by atoms with Crippen molar-refractivity contribution in [2.75, 3.05) is 31.6 Å². The lowest BCUT2D eigenvalue weighted by molar-refractivity contribution is 0.0998. The van der Waals surface area contributed by atoms with Crippen molar-refractivity contribution in [1.29, 1.82) is 0 Å². The summed E-state index contributed by atoms with van der Waals surface area (Å²) in [6.07, 6.45) is 2.77. The van der Waals surface area contributed by atoms with E-state index in [4.69, 9.17) is 4.74 Å². The number of carbonyl (C=O) groups is 1. The minimum absolute atomic E-state index is 0.236. The third-order valence-corrected chi connectivity index (χ3v) is 4.96. The first-order valence-corrected chi connectivity index (χ1v) is 9.87. The number of ether oxygens (including phenoxy) is 1. The van der Waals surface area contributed by atoms with Gasteiger partial charge in [0.2, 0.25) is 0 Å². The Morgan fingerprint density at radius 3 is 2.15 bits per heavy atom. The number of para-hydroxylation sites is 2. The van der Waals surface area contributed by atoms with Crippen LogP contribution in [-0.2, 0) is 17.6 Å². The number of hydrogen-bond donors (Lipinski definition) is 0. The quantitative estimate of drug-likeness (QED) is 0.718. The van der Waals surface area contributed by atoms with Crippen molar-refractivity contribution in [2.24, 2.45) is 5.92 Å². The molecule has 1 amide bonds. The van der Waals surface area contributed by atoms with Gasteiger partial charge >= 0.3 is 6.09 Å². The molecule has 0 aliphatic carbocycles. The Morgan fingerprint density at radius 1 is 1.04 bits per heavy atom. The van der Waals surface area contributed by atoms with Crippen LogP contribution < -0.4 is 4.90 Å². The molecule has 0 aromatic heterocycles. The topological polar surface area (TPSA) is 32.8 Å². The number of hydrogen-bond acceptors (Lipinski definition) is 3. The second-order valence-corrected chi connectivity index (χ2v) is 7.65. The summed E-state index contributed by atoms with van der Waals surface area (Å²) in [7, 11) is 1.81. The van der Waals surface area contributed by atoms with Crippen molar-refractivity contribution < 1.29 is 9.53 Å². The standard InChI is InChI=1S/C23H30N2O2/c1-18(2)17-27-23(26)24(3)15-8-16-25-21-11-6-4-9-19(21)13-14-20-10-5-7-12-22(20)25/h4-7,9-12,18H,8,13-17H2,1-3H3. The van der Waals surface area contributed by atoms with Crippen molar-refractivity contribution in [3.63, 3.8) is 0 Å². The van der Waals surface area contributed by atoms with Crippen LogP contribution in [0.15, 0.2) is 48.5 Å². The SMILES string of the molecule is CC(C)COC(=O)N(C)CCCN1c2ccccc2CCc2ccccc21. The Kier molecular flexibility index (Phi) is 6.38. The molecule has 1 aliphatic rings. The lowest BCUT2D eigenvalue weighted by Crippen LogP contribution is -2.31. The molecule has 1 aliphatic heterocycles. The van der Waals surface area contributed by atoms with E-state index in [1.165, 1.54) is 22.5 Å². The number of fused-ring (bicyclic) bond motifs is 2. The molecule has 0 radical (unpaired) electrons. The number of carbonyl (C=O) groups excluding carboxylic acids is 1. The molecule has 4 heteroatoms. The van der Waals surface area contributed by atoms with Gasteiger partial charge in [-0.1, -0.05) is 50.2 Å². The van der Waals surface area contributed by atoms with E-state index in [1.807, 2.05) is 20.9 Å². The molecule has 0 saturated carbocycles. The van der Waals surface area contributed by atoms with Crippen LogP contribution in [0.5, 0.6) is 0 Å². The van der Waals surface area contributed by atoms with Gasteiger partial charge in [-0.05, 0) is 48.4 Å². The molecule has 2 aromatic carbocycles. The number of aryl methyl sites for hydroxylation is 2. The van der Waals surface area contributed by atoms with Crippen LogP contribution in [0.3, 0.4) is 0 Å². The van der Waals surface area contributed by atoms with E-state index < -0.39 is 0 Å². The molecule has 27 heavy (non-hydrogen) atoms. The fourth-order valence-corrected chi connectivity index (χ4v) is 3.52. The molecule has 0 N–H and O–H groups in total. The third kappa shape index (κ3) is 4.82. The molecule has 4 nitrogen and oxygen atoms in total. The number of anilines is 2. The molecular formula is C23H30N2O2. The molecule has 3 rings (SSSR count). The Morgan fingerprint density at radius 2 is 1.59 bits per heavy atom. The summed E-state index contributed by atoms with van der Waals surface area (Å²) in [4.78, 5) is 16.2. The second kappa shape index (κ2) is 8.94. The first kappa shape index (κ1) is 19.3. The fourth-order valence-electron chi connectivity index (χ4n) is 3.52. The van der Waals surface area contributed by atoms with Crippen LogP contribution in [0.25, 0.3) is 0 Å². The smallest absolute Gasteiger partial charge is 0.409 e. The Balaban J connectivity index is 1.68. The monoisotopic (exact) mass is 366 g/mol. The predicted molar refractivity (Wildman–Crippen MR) is 111 cm³/mol. The van der Waals surface area contributed by atoms with Gasteiger partial charge in [-0.15, -0.1) is 0 Å². The summed E-state index contributed by atoms with van der Waals surface area (Å²) in [5, 5.41) is 0. The summed E-state index contributed by atoms with van der Waals surface area (Å²) in [6, 6.07) is 17.3. The Hall–Kier alpha value is -2.49. The molecule has 0 saturated heterocycles. The maximum absolute atomic E-state index is 12.1. The largest absolute Gasteiger partial charge is 0.449 e. The molecule has 0 spiro atoms. The first-order valence-electron chi connectivity index (χ1n) is 9.87. The van der Waals surface area contributed by atoms with E-state index in [0.717, 1.165) is 25.8 Å². The highest BCUT2D eigenvalue weighted by Crippen LogP contribution is 2.35. The van der Waals surface area contributed by atoms with Crippen molar-refractivity contribution >= 4 is 17.5 Å². The molecule has 0 bridgehead atoms. The minimum atomic E-state index is -0.236. The molecule has 2 aromatic rings. The van der Waals surface area contributed by atoms with E-state index in [2.05, 4.69) is 53.4 Å². The van der Waals surface area contributed by atoms with E-state index in [1.54, 1.807) is 4.90 Å². The zero-order valence-electron chi connectivity index (χ0n) is 16.6. The normalized spacial score (nSPS) is 13.0. The number of rotatable bonds is 6. The van der Waals surface area contributed by atoms with Gasteiger partial charge in [0.05, 0.1) is 6.61 Å². The zero-order chi connectivity index (χ0) is 19.2. The second-order valence-electron chi connectivity index (χ2n) is 7.65. The zero-order valence-corrected chi connectivity index (χ0v) is 16.6. The number of amides is 1. The van der Waals surface area contributed by atoms with Crippen LogP contribution >= 0.6 is 0 Å². The molecule has 0 fully saturated rings. The summed E-state index contributed by atoms with van der Waals surface area (Å²) >= 11 is 0. The van der Waals surface area contributed by atoms with Gasteiger partial charge in [0, 0.05) is 31.5 Å². The third-order valence-electron chi connectivity index (χ3n) is 4.96. The van der Waals surface area contributed by atoms with Crippen molar-refractivity contribution in [2.45, 2.75) is 33.1 Å². The van der Waals surface area contributed by atoms with Crippen molar-refractivity contribution in [1.82, 2.24) is 4.90 Å². The average molecular weight is 367 g/mol. The summed E-state index contributed by atoms with van der Waals surface area (Å²) < 4.78 is 5.31. The van der Waals surface area contributed by atoms with Crippen LogP contribution in [0.4, 0.5) is 16.2 Å². The van der Waals surface area contributed by atoms with Gasteiger partial charge in [0.15, 0.2) is 0 Å². The average Bonchev–Trinajstić information content (AvgIpc) is 2.83. The van der Waals surface area contributed by atoms with Gasteiger partial charge in [-0.3, -0.25) is 0 Å². The molecule has 0 atom stereocenters. The van der Waals surface area contributed by atoms with Gasteiger partial charge in [0.25, 0.3) is 0 Å². The van der Waals surface area contributed by atoms with E-state index in [0.29, 0.717) is 19.1 Å². The fraction of sp³-hybridized carbons (Fsp3) is 0.435. The van der Waals surface area contributed by atoms with E-state index >= 15 is 0 Å². The van der Waals surface area contributed by atoms with E-state index in [-0.39, 0.29) is 6.09 Å². The highest BCUT2D eigenvalue weighted by Gasteiger charge is 2.20. The highest BCUT2D eigenvalue weighted by atomic mass is 16.6. The van der Waals surface area contributed by atoms with Gasteiger partial charge < -0.3 is 14.5 Å². The van der Waals surface area contributed by atoms with Crippen molar-refractivity contribution in [3.8, 4) is 0 Å². The Labute approximate surface area is 162 Å². The minimum Gasteiger partial charge on any atom is -0.449 e. The summed E-state index contributed by atoms with van der Waals surface area (Å²) in [5.41, 5.74) is 5.34. The van der Waals surface area contributed by atoms with Gasteiger partial charge in [0.1, 0.15) is 0 Å². The maximum atomic E-state index is 12.1. The van der Waals surface area contributed by atoms with Gasteiger partial charge in [-0.2, -0.15) is 0 Å². The lowest BCUT2D eigenvalue weighted by atomic mass is 10.0. The summed E-state index contributed by atoms with van der Waals surface area (Å²) in [6.45, 7) is 6.10. The molecule has 0 unspecified atom stereocenters. The summed E-state index contributed by atoms with van der Waals surface area (Å²) in [5.74, 6) is 0.354. The lowest BCUT2D eigenvalue weighted by Gasteiger charge is -2.28. The first-order chi connectivity index (χ1) is 13.1. The van der Waals surface area contributed by atoms with Crippen LogP contribution in [0.2, 0.25) is 0 Å². The van der Waals surface area contributed by atoms with Crippen molar-refractivity contribution in [3.05, 3.63) is 59.7 Å². The predicted octanol–water partition coefficient (Wildman–Crippen LogP) is 5.04. The Bertz CT molecular complexity index is 725. The molecule has 144 valence electrons.